The van der Waals surface area contributed by atoms with Crippen LogP contribution >= 0.6 is 0 Å². The maximum atomic E-state index is 12.6. The SMILES string of the molecule is Cc1ccc(S(=O)(=O)Oc2ccccc2/C=C(\C#N)C(=O)N2CCOCC2)cc1. The van der Waals surface area contributed by atoms with Crippen molar-refractivity contribution < 1.29 is 22.1 Å². The molecule has 0 radical (unpaired) electrons. The molecule has 29 heavy (non-hydrogen) atoms. The number of rotatable bonds is 5. The molecule has 1 heterocycles. The van der Waals surface area contributed by atoms with Crippen LogP contribution in [0.3, 0.4) is 0 Å². The topological polar surface area (TPSA) is 96.7 Å². The number of amides is 1. The number of nitrogens with zero attached hydrogens (tertiary/aromatic N) is 2. The van der Waals surface area contributed by atoms with Gasteiger partial charge in [-0.05, 0) is 31.2 Å². The van der Waals surface area contributed by atoms with Crippen molar-refractivity contribution in [3.8, 4) is 11.8 Å². The van der Waals surface area contributed by atoms with E-state index in [2.05, 4.69) is 0 Å². The van der Waals surface area contributed by atoms with E-state index in [0.29, 0.717) is 31.9 Å². The van der Waals surface area contributed by atoms with Crippen molar-refractivity contribution in [3.63, 3.8) is 0 Å². The maximum absolute atomic E-state index is 12.6. The molecule has 150 valence electrons. The number of carbonyl (C=O) groups excluding carboxylic acids is 1. The van der Waals surface area contributed by atoms with E-state index in [-0.39, 0.29) is 16.2 Å². The molecule has 0 saturated carbocycles. The molecule has 2 aromatic carbocycles. The molecule has 0 aromatic heterocycles. The van der Waals surface area contributed by atoms with Crippen molar-refractivity contribution in [2.45, 2.75) is 11.8 Å². The number of aryl methyl sites for hydroxylation is 1. The molecule has 1 amide bonds. The van der Waals surface area contributed by atoms with E-state index in [1.807, 2.05) is 13.0 Å². The molecule has 0 aliphatic carbocycles. The van der Waals surface area contributed by atoms with E-state index in [1.54, 1.807) is 30.3 Å². The normalized spacial score (nSPS) is 14.9. The summed E-state index contributed by atoms with van der Waals surface area (Å²) < 4.78 is 35.7. The van der Waals surface area contributed by atoms with Crippen LogP contribution in [-0.4, -0.2) is 45.5 Å². The Morgan fingerprint density at radius 2 is 1.79 bits per heavy atom. The maximum Gasteiger partial charge on any atom is 0.339 e. The summed E-state index contributed by atoms with van der Waals surface area (Å²) in [5.41, 5.74) is 1.14. The van der Waals surface area contributed by atoms with Gasteiger partial charge in [0.15, 0.2) is 0 Å². The third kappa shape index (κ3) is 5.02. The minimum atomic E-state index is -4.06. The zero-order valence-electron chi connectivity index (χ0n) is 15.9. The van der Waals surface area contributed by atoms with Crippen LogP contribution in [0.25, 0.3) is 6.08 Å². The van der Waals surface area contributed by atoms with Gasteiger partial charge < -0.3 is 13.8 Å². The second-order valence-electron chi connectivity index (χ2n) is 6.46. The molecule has 1 aliphatic heterocycles. The number of ether oxygens (including phenoxy) is 1. The molecule has 0 spiro atoms. The molecule has 1 saturated heterocycles. The highest BCUT2D eigenvalue weighted by molar-refractivity contribution is 7.87. The molecule has 0 N–H and O–H groups in total. The van der Waals surface area contributed by atoms with Crippen LogP contribution in [0.2, 0.25) is 0 Å². The summed E-state index contributed by atoms with van der Waals surface area (Å²) in [4.78, 5) is 14.2. The Hall–Kier alpha value is -3.15. The van der Waals surface area contributed by atoms with E-state index >= 15 is 0 Å². The van der Waals surface area contributed by atoms with Gasteiger partial charge in [0, 0.05) is 18.7 Å². The lowest BCUT2D eigenvalue weighted by atomic mass is 10.1. The summed E-state index contributed by atoms with van der Waals surface area (Å²) in [7, 11) is -4.06. The lowest BCUT2D eigenvalue weighted by molar-refractivity contribution is -0.130. The van der Waals surface area contributed by atoms with E-state index in [9.17, 15) is 18.5 Å². The highest BCUT2D eigenvalue weighted by atomic mass is 32.2. The molecular formula is C21H20N2O5S. The lowest BCUT2D eigenvalue weighted by Gasteiger charge is -2.26. The molecule has 0 bridgehead atoms. The summed E-state index contributed by atoms with van der Waals surface area (Å²) in [6, 6.07) is 14.5. The predicted octanol–water partition coefficient (Wildman–Crippen LogP) is 2.53. The largest absolute Gasteiger partial charge is 0.378 e. The van der Waals surface area contributed by atoms with Gasteiger partial charge in [-0.1, -0.05) is 35.9 Å². The number of hydrogen-bond donors (Lipinski definition) is 0. The second kappa shape index (κ2) is 8.90. The molecule has 2 aromatic rings. The number of morpholine rings is 1. The summed E-state index contributed by atoms with van der Waals surface area (Å²) >= 11 is 0. The predicted molar refractivity (Wildman–Crippen MR) is 106 cm³/mol. The Morgan fingerprint density at radius 1 is 1.14 bits per heavy atom. The van der Waals surface area contributed by atoms with Gasteiger partial charge in [0.2, 0.25) is 0 Å². The van der Waals surface area contributed by atoms with Crippen LogP contribution in [0.1, 0.15) is 11.1 Å². The van der Waals surface area contributed by atoms with Gasteiger partial charge in [-0.15, -0.1) is 0 Å². The minimum absolute atomic E-state index is 0.0202. The van der Waals surface area contributed by atoms with Gasteiger partial charge >= 0.3 is 10.1 Å². The fourth-order valence-electron chi connectivity index (χ4n) is 2.78. The summed E-state index contributed by atoms with van der Waals surface area (Å²) in [6.45, 7) is 3.49. The zero-order chi connectivity index (χ0) is 20.9. The zero-order valence-corrected chi connectivity index (χ0v) is 16.7. The van der Waals surface area contributed by atoms with Gasteiger partial charge in [0.05, 0.1) is 13.2 Å². The number of para-hydroxylation sites is 1. The molecule has 7 nitrogen and oxygen atoms in total. The second-order valence-corrected chi connectivity index (χ2v) is 8.01. The van der Waals surface area contributed by atoms with Gasteiger partial charge in [-0.2, -0.15) is 13.7 Å². The van der Waals surface area contributed by atoms with Gasteiger partial charge in [0.25, 0.3) is 5.91 Å². The van der Waals surface area contributed by atoms with E-state index in [1.165, 1.54) is 29.2 Å². The van der Waals surface area contributed by atoms with E-state index in [0.717, 1.165) is 5.56 Å². The standard InChI is InChI=1S/C21H20N2O5S/c1-16-6-8-19(9-7-16)29(25,26)28-20-5-3-2-4-17(20)14-18(15-22)21(24)23-10-12-27-13-11-23/h2-9,14H,10-13H2,1H3/b18-14+. The van der Waals surface area contributed by atoms with Crippen LogP contribution < -0.4 is 4.18 Å². The quantitative estimate of drug-likeness (QED) is 0.425. The van der Waals surface area contributed by atoms with E-state index in [4.69, 9.17) is 8.92 Å². The molecule has 0 unspecified atom stereocenters. The van der Waals surface area contributed by atoms with Crippen molar-refractivity contribution in [3.05, 3.63) is 65.2 Å². The van der Waals surface area contributed by atoms with Gasteiger partial charge in [-0.3, -0.25) is 4.79 Å². The van der Waals surface area contributed by atoms with Gasteiger partial charge in [-0.25, -0.2) is 0 Å². The summed E-state index contributed by atoms with van der Waals surface area (Å²) in [5, 5.41) is 9.46. The summed E-state index contributed by atoms with van der Waals surface area (Å²) in [6.07, 6.45) is 1.35. The monoisotopic (exact) mass is 412 g/mol. The van der Waals surface area contributed by atoms with Crippen LogP contribution in [0.15, 0.2) is 59.0 Å². The Kier molecular flexibility index (Phi) is 6.32. The number of benzene rings is 2. The molecule has 1 fully saturated rings. The molecule has 3 rings (SSSR count). The first kappa shape index (κ1) is 20.6. The van der Waals surface area contributed by atoms with Crippen molar-refractivity contribution in [2.75, 3.05) is 26.3 Å². The highest BCUT2D eigenvalue weighted by Crippen LogP contribution is 2.25. The number of carbonyl (C=O) groups is 1. The molecule has 1 aliphatic rings. The Bertz CT molecular complexity index is 1060. The number of hydrogen-bond acceptors (Lipinski definition) is 6. The van der Waals surface area contributed by atoms with Crippen LogP contribution in [0, 0.1) is 18.3 Å². The highest BCUT2D eigenvalue weighted by Gasteiger charge is 2.22. The van der Waals surface area contributed by atoms with Crippen molar-refractivity contribution in [1.82, 2.24) is 4.90 Å². The molecular weight excluding hydrogens is 392 g/mol. The van der Waals surface area contributed by atoms with Crippen molar-refractivity contribution in [2.24, 2.45) is 0 Å². The average molecular weight is 412 g/mol. The first-order valence-electron chi connectivity index (χ1n) is 9.00. The minimum Gasteiger partial charge on any atom is -0.378 e. The lowest BCUT2D eigenvalue weighted by Crippen LogP contribution is -2.41. The summed E-state index contributed by atoms with van der Waals surface area (Å²) in [5.74, 6) is -0.386. The third-order valence-electron chi connectivity index (χ3n) is 4.38. The first-order chi connectivity index (χ1) is 13.9. The van der Waals surface area contributed by atoms with Gasteiger partial charge in [0.1, 0.15) is 22.3 Å². The third-order valence-corrected chi connectivity index (χ3v) is 5.63. The van der Waals surface area contributed by atoms with Crippen LogP contribution in [0.5, 0.6) is 5.75 Å². The van der Waals surface area contributed by atoms with Crippen molar-refractivity contribution in [1.29, 1.82) is 5.26 Å². The Labute approximate surface area is 169 Å². The molecule has 8 heteroatoms. The Balaban J connectivity index is 1.89. The van der Waals surface area contributed by atoms with Crippen molar-refractivity contribution >= 4 is 22.1 Å². The Morgan fingerprint density at radius 3 is 2.45 bits per heavy atom. The molecule has 0 atom stereocenters. The fraction of sp³-hybridized carbons (Fsp3) is 0.238. The fourth-order valence-corrected chi connectivity index (χ4v) is 3.73. The van der Waals surface area contributed by atoms with Crippen LogP contribution in [0.4, 0.5) is 0 Å². The number of nitriles is 1. The first-order valence-corrected chi connectivity index (χ1v) is 10.4. The van der Waals surface area contributed by atoms with E-state index < -0.39 is 16.0 Å². The average Bonchev–Trinajstić information content (AvgIpc) is 2.73. The van der Waals surface area contributed by atoms with Crippen LogP contribution in [-0.2, 0) is 19.6 Å². The smallest absolute Gasteiger partial charge is 0.339 e.